The minimum atomic E-state index is -1.02. The number of thiazole rings is 1. The Labute approximate surface area is 118 Å². The number of nitrogens with zero attached hydrogens (tertiary/aromatic N) is 1. The van der Waals surface area contributed by atoms with Gasteiger partial charge in [0.05, 0.1) is 25.0 Å². The van der Waals surface area contributed by atoms with Crippen LogP contribution in [0.3, 0.4) is 0 Å². The second kappa shape index (κ2) is 5.90. The Hall–Kier alpha value is -1.79. The predicted octanol–water partition coefficient (Wildman–Crippen LogP) is 3.12. The average Bonchev–Trinajstić information content (AvgIpc) is 2.85. The lowest BCUT2D eigenvalue weighted by Crippen LogP contribution is -2.03. The highest BCUT2D eigenvalue weighted by Crippen LogP contribution is 2.28. The molecule has 1 aromatic carbocycles. The topological polar surface area (TPSA) is 71.5 Å². The summed E-state index contributed by atoms with van der Waals surface area (Å²) in [4.78, 5) is 14.7. The summed E-state index contributed by atoms with van der Waals surface area (Å²) < 4.78 is 5.20. The molecule has 0 unspecified atom stereocenters. The van der Waals surface area contributed by atoms with Gasteiger partial charge in [-0.2, -0.15) is 0 Å². The smallest absolute Gasteiger partial charge is 0.365 e. The Balaban J connectivity index is 2.09. The summed E-state index contributed by atoms with van der Waals surface area (Å²) in [6, 6.07) is 5.23. The Bertz CT molecular complexity index is 600. The van der Waals surface area contributed by atoms with Gasteiger partial charge < -0.3 is 15.2 Å². The first-order chi connectivity index (χ1) is 9.10. The molecule has 100 valence electrons. The minimum absolute atomic E-state index is 0.0786. The highest BCUT2D eigenvalue weighted by molar-refractivity contribution is 7.11. The van der Waals surface area contributed by atoms with Crippen molar-refractivity contribution in [2.24, 2.45) is 0 Å². The molecule has 0 aliphatic heterocycles. The molecule has 0 atom stereocenters. The molecule has 1 heterocycles. The number of aromatic carboxylic acids is 1. The largest absolute Gasteiger partial charge is 0.495 e. The lowest BCUT2D eigenvalue weighted by Gasteiger charge is -2.10. The van der Waals surface area contributed by atoms with Crippen LogP contribution in [0.15, 0.2) is 23.6 Å². The first-order valence-electron chi connectivity index (χ1n) is 5.35. The molecular weight excluding hydrogens is 288 g/mol. The molecule has 0 radical (unpaired) electrons. The van der Waals surface area contributed by atoms with Crippen molar-refractivity contribution in [3.05, 3.63) is 39.3 Å². The molecule has 0 amide bonds. The average molecular weight is 299 g/mol. The van der Waals surface area contributed by atoms with Gasteiger partial charge in [0.2, 0.25) is 5.01 Å². The van der Waals surface area contributed by atoms with E-state index in [4.69, 9.17) is 21.4 Å². The van der Waals surface area contributed by atoms with Gasteiger partial charge in [0.15, 0.2) is 0 Å². The van der Waals surface area contributed by atoms with Crippen LogP contribution in [0.25, 0.3) is 0 Å². The van der Waals surface area contributed by atoms with Gasteiger partial charge in [0, 0.05) is 10.4 Å². The SMILES string of the molecule is COc1ccc(Cl)cc1NCc1csc(C(=O)O)n1. The molecule has 19 heavy (non-hydrogen) atoms. The van der Waals surface area contributed by atoms with Crippen LogP contribution < -0.4 is 10.1 Å². The van der Waals surface area contributed by atoms with E-state index in [-0.39, 0.29) is 5.01 Å². The molecule has 2 aromatic rings. The Kier molecular flexibility index (Phi) is 4.24. The molecule has 1 aromatic heterocycles. The molecule has 0 saturated carbocycles. The maximum absolute atomic E-state index is 10.7. The van der Waals surface area contributed by atoms with Crippen molar-refractivity contribution < 1.29 is 14.6 Å². The van der Waals surface area contributed by atoms with Crippen LogP contribution in [0.1, 0.15) is 15.5 Å². The van der Waals surface area contributed by atoms with Crippen molar-refractivity contribution in [1.82, 2.24) is 4.98 Å². The number of benzene rings is 1. The lowest BCUT2D eigenvalue weighted by atomic mass is 10.3. The van der Waals surface area contributed by atoms with Gasteiger partial charge in [0.25, 0.3) is 0 Å². The number of methoxy groups -OCH3 is 1. The molecule has 5 nitrogen and oxygen atoms in total. The zero-order valence-electron chi connectivity index (χ0n) is 10.0. The maximum atomic E-state index is 10.7. The Morgan fingerprint density at radius 1 is 1.58 bits per heavy atom. The summed E-state index contributed by atoms with van der Waals surface area (Å²) in [5, 5.41) is 14.3. The summed E-state index contributed by atoms with van der Waals surface area (Å²) in [6.07, 6.45) is 0. The van der Waals surface area contributed by atoms with Crippen molar-refractivity contribution in [2.75, 3.05) is 12.4 Å². The van der Waals surface area contributed by atoms with E-state index < -0.39 is 5.97 Å². The first-order valence-corrected chi connectivity index (χ1v) is 6.61. The number of rotatable bonds is 5. The lowest BCUT2D eigenvalue weighted by molar-refractivity contribution is 0.0696. The fourth-order valence-corrected chi connectivity index (χ4v) is 2.32. The number of carbonyl (C=O) groups is 1. The zero-order chi connectivity index (χ0) is 13.8. The Morgan fingerprint density at radius 3 is 3.00 bits per heavy atom. The van der Waals surface area contributed by atoms with Crippen molar-refractivity contribution >= 4 is 34.6 Å². The van der Waals surface area contributed by atoms with Gasteiger partial charge in [-0.05, 0) is 18.2 Å². The number of carboxylic acids is 1. The third-order valence-electron chi connectivity index (χ3n) is 2.36. The van der Waals surface area contributed by atoms with Crippen molar-refractivity contribution in [3.63, 3.8) is 0 Å². The first kappa shape index (κ1) is 13.6. The fraction of sp³-hybridized carbons (Fsp3) is 0.167. The second-order valence-electron chi connectivity index (χ2n) is 3.65. The van der Waals surface area contributed by atoms with E-state index in [0.717, 1.165) is 17.0 Å². The summed E-state index contributed by atoms with van der Waals surface area (Å²) >= 11 is 7.01. The minimum Gasteiger partial charge on any atom is -0.495 e. The molecule has 0 saturated heterocycles. The Morgan fingerprint density at radius 2 is 2.37 bits per heavy atom. The van der Waals surface area contributed by atoms with E-state index in [9.17, 15) is 4.79 Å². The van der Waals surface area contributed by atoms with Crippen LogP contribution in [-0.4, -0.2) is 23.2 Å². The van der Waals surface area contributed by atoms with Gasteiger partial charge in [-0.1, -0.05) is 11.6 Å². The van der Waals surface area contributed by atoms with E-state index in [1.807, 2.05) is 0 Å². The van der Waals surface area contributed by atoms with E-state index in [1.54, 1.807) is 30.7 Å². The van der Waals surface area contributed by atoms with Crippen molar-refractivity contribution in [2.45, 2.75) is 6.54 Å². The van der Waals surface area contributed by atoms with Crippen LogP contribution in [0.2, 0.25) is 5.02 Å². The second-order valence-corrected chi connectivity index (χ2v) is 4.94. The number of nitrogens with one attached hydrogen (secondary N) is 1. The molecule has 7 heteroatoms. The van der Waals surface area contributed by atoms with Gasteiger partial charge in [-0.25, -0.2) is 9.78 Å². The van der Waals surface area contributed by atoms with Crippen LogP contribution in [-0.2, 0) is 6.54 Å². The summed E-state index contributed by atoms with van der Waals surface area (Å²) in [6.45, 7) is 0.403. The van der Waals surface area contributed by atoms with E-state index in [2.05, 4.69) is 10.3 Å². The molecule has 0 bridgehead atoms. The standard InChI is InChI=1S/C12H11ClN2O3S/c1-18-10-3-2-7(13)4-9(10)14-5-8-6-19-11(15-8)12(16)17/h2-4,6,14H,5H2,1H3,(H,16,17). The monoisotopic (exact) mass is 298 g/mol. The van der Waals surface area contributed by atoms with Crippen LogP contribution in [0, 0.1) is 0 Å². The van der Waals surface area contributed by atoms with Crippen LogP contribution in [0.4, 0.5) is 5.69 Å². The fourth-order valence-electron chi connectivity index (χ4n) is 1.49. The summed E-state index contributed by atoms with van der Waals surface area (Å²) in [7, 11) is 1.57. The highest BCUT2D eigenvalue weighted by atomic mass is 35.5. The molecule has 0 fully saturated rings. The summed E-state index contributed by atoms with van der Waals surface area (Å²) in [5.74, 6) is -0.352. The molecule has 0 spiro atoms. The van der Waals surface area contributed by atoms with Crippen molar-refractivity contribution in [1.29, 1.82) is 0 Å². The normalized spacial score (nSPS) is 10.2. The molecule has 0 aliphatic carbocycles. The molecule has 2 rings (SSSR count). The van der Waals surface area contributed by atoms with E-state index in [0.29, 0.717) is 23.0 Å². The van der Waals surface area contributed by atoms with E-state index >= 15 is 0 Å². The van der Waals surface area contributed by atoms with Gasteiger partial charge in [-0.15, -0.1) is 11.3 Å². The number of aromatic nitrogens is 1. The van der Waals surface area contributed by atoms with Crippen LogP contribution >= 0.6 is 22.9 Å². The van der Waals surface area contributed by atoms with Gasteiger partial charge in [-0.3, -0.25) is 0 Å². The third-order valence-corrected chi connectivity index (χ3v) is 3.47. The van der Waals surface area contributed by atoms with Gasteiger partial charge >= 0.3 is 5.97 Å². The third kappa shape index (κ3) is 3.36. The molecular formula is C12H11ClN2O3S. The number of anilines is 1. The molecule has 0 aliphatic rings. The number of carboxylic acid groups (broad SMARTS) is 1. The highest BCUT2D eigenvalue weighted by Gasteiger charge is 2.09. The number of hydrogen-bond acceptors (Lipinski definition) is 5. The quantitative estimate of drug-likeness (QED) is 0.887. The summed E-state index contributed by atoms with van der Waals surface area (Å²) in [5.41, 5.74) is 1.39. The van der Waals surface area contributed by atoms with Gasteiger partial charge in [0.1, 0.15) is 5.75 Å². The van der Waals surface area contributed by atoms with E-state index in [1.165, 1.54) is 0 Å². The predicted molar refractivity (Wildman–Crippen MR) is 74.4 cm³/mol. The van der Waals surface area contributed by atoms with Crippen LogP contribution in [0.5, 0.6) is 5.75 Å². The number of ether oxygens (including phenoxy) is 1. The zero-order valence-corrected chi connectivity index (χ0v) is 11.6. The number of halogens is 1. The van der Waals surface area contributed by atoms with Crippen molar-refractivity contribution in [3.8, 4) is 5.75 Å². The maximum Gasteiger partial charge on any atom is 0.365 e. The number of hydrogen-bond donors (Lipinski definition) is 2. The molecule has 2 N–H and O–H groups in total.